The highest BCUT2D eigenvalue weighted by molar-refractivity contribution is 5.86. The molecule has 0 radical (unpaired) electrons. The number of likely N-dealkylation sites (N-methyl/N-ethyl adjacent to an activating group) is 1. The summed E-state index contributed by atoms with van der Waals surface area (Å²) < 4.78 is 0. The molecule has 104 valence electrons. The number of amides is 1. The van der Waals surface area contributed by atoms with Crippen LogP contribution in [0.25, 0.3) is 0 Å². The molecule has 5 nitrogen and oxygen atoms in total. The lowest BCUT2D eigenvalue weighted by molar-refractivity contribution is -0.150. The molecule has 5 heteroatoms. The van der Waals surface area contributed by atoms with E-state index in [-0.39, 0.29) is 11.9 Å². The van der Waals surface area contributed by atoms with Crippen molar-refractivity contribution < 1.29 is 14.7 Å². The molecule has 1 aliphatic rings. The van der Waals surface area contributed by atoms with Crippen LogP contribution in [-0.4, -0.2) is 59.0 Å². The van der Waals surface area contributed by atoms with Gasteiger partial charge in [0.2, 0.25) is 5.91 Å². The Morgan fingerprint density at radius 2 is 1.61 bits per heavy atom. The second-order valence-corrected chi connectivity index (χ2v) is 5.09. The van der Waals surface area contributed by atoms with Gasteiger partial charge in [-0.3, -0.25) is 9.69 Å². The first-order valence-corrected chi connectivity index (χ1v) is 6.68. The highest BCUT2D eigenvalue weighted by Crippen LogP contribution is 2.14. The van der Waals surface area contributed by atoms with Gasteiger partial charge in [-0.25, -0.2) is 4.79 Å². The van der Waals surface area contributed by atoms with Gasteiger partial charge in [0, 0.05) is 7.05 Å². The molecule has 0 spiro atoms. The van der Waals surface area contributed by atoms with Crippen molar-refractivity contribution in [3.05, 3.63) is 0 Å². The first kappa shape index (κ1) is 15.0. The predicted molar refractivity (Wildman–Crippen MR) is 69.4 cm³/mol. The van der Waals surface area contributed by atoms with Crippen LogP contribution in [-0.2, 0) is 9.59 Å². The summed E-state index contributed by atoms with van der Waals surface area (Å²) in [6, 6.07) is -0.998. The van der Waals surface area contributed by atoms with E-state index in [4.69, 9.17) is 5.11 Å². The van der Waals surface area contributed by atoms with E-state index in [2.05, 4.69) is 4.90 Å². The third-order valence-electron chi connectivity index (χ3n) is 3.83. The molecule has 0 aliphatic carbocycles. The Morgan fingerprint density at radius 3 is 2.06 bits per heavy atom. The maximum Gasteiger partial charge on any atom is 0.326 e. The molecule has 2 unspecified atom stereocenters. The van der Waals surface area contributed by atoms with Crippen molar-refractivity contribution in [2.75, 3.05) is 20.1 Å². The van der Waals surface area contributed by atoms with E-state index in [0.29, 0.717) is 0 Å². The molecule has 1 heterocycles. The molecule has 0 saturated carbocycles. The van der Waals surface area contributed by atoms with Crippen LogP contribution >= 0.6 is 0 Å². The molecule has 1 aliphatic heterocycles. The van der Waals surface area contributed by atoms with Crippen molar-refractivity contribution in [3.8, 4) is 0 Å². The van der Waals surface area contributed by atoms with Crippen molar-refractivity contribution in [3.63, 3.8) is 0 Å². The van der Waals surface area contributed by atoms with E-state index in [0.717, 1.165) is 25.9 Å². The number of carbonyl (C=O) groups is 2. The standard InChI is InChI=1S/C13H24N2O3/c1-10(15-8-6-4-5-7-9-15)12(16)14(3)11(2)13(17)18/h10-11H,4-9H2,1-3H3,(H,17,18). The average molecular weight is 256 g/mol. The fourth-order valence-electron chi connectivity index (χ4n) is 2.29. The summed E-state index contributed by atoms with van der Waals surface area (Å²) in [4.78, 5) is 26.6. The lowest BCUT2D eigenvalue weighted by atomic mass is 10.2. The Bertz CT molecular complexity index is 299. The van der Waals surface area contributed by atoms with Gasteiger partial charge in [-0.15, -0.1) is 0 Å². The zero-order valence-electron chi connectivity index (χ0n) is 11.6. The number of aliphatic carboxylic acids is 1. The highest BCUT2D eigenvalue weighted by atomic mass is 16.4. The topological polar surface area (TPSA) is 60.9 Å². The van der Waals surface area contributed by atoms with Gasteiger partial charge < -0.3 is 10.0 Å². The van der Waals surface area contributed by atoms with Crippen LogP contribution in [0.15, 0.2) is 0 Å². The molecule has 2 atom stereocenters. The van der Waals surface area contributed by atoms with E-state index < -0.39 is 12.0 Å². The number of nitrogens with zero attached hydrogens (tertiary/aromatic N) is 2. The van der Waals surface area contributed by atoms with Gasteiger partial charge in [0.05, 0.1) is 6.04 Å². The van der Waals surface area contributed by atoms with Crippen molar-refractivity contribution in [1.82, 2.24) is 9.80 Å². The number of carboxylic acid groups (broad SMARTS) is 1. The first-order valence-electron chi connectivity index (χ1n) is 6.68. The normalized spacial score (nSPS) is 20.8. The van der Waals surface area contributed by atoms with Gasteiger partial charge in [0.1, 0.15) is 6.04 Å². The highest BCUT2D eigenvalue weighted by Gasteiger charge is 2.29. The Hall–Kier alpha value is -1.10. The molecule has 0 aromatic carbocycles. The van der Waals surface area contributed by atoms with E-state index in [1.807, 2.05) is 6.92 Å². The van der Waals surface area contributed by atoms with Crippen LogP contribution in [0.5, 0.6) is 0 Å². The maximum absolute atomic E-state index is 12.2. The maximum atomic E-state index is 12.2. The van der Waals surface area contributed by atoms with Crippen molar-refractivity contribution in [2.24, 2.45) is 0 Å². The van der Waals surface area contributed by atoms with Gasteiger partial charge in [0.25, 0.3) is 0 Å². The lowest BCUT2D eigenvalue weighted by Gasteiger charge is -2.31. The molecular formula is C13H24N2O3. The average Bonchev–Trinajstić information content (AvgIpc) is 2.63. The number of rotatable bonds is 4. The van der Waals surface area contributed by atoms with Crippen LogP contribution in [0, 0.1) is 0 Å². The monoisotopic (exact) mass is 256 g/mol. The number of carboxylic acids is 1. The fourth-order valence-corrected chi connectivity index (χ4v) is 2.29. The summed E-state index contributed by atoms with van der Waals surface area (Å²) in [7, 11) is 1.56. The minimum atomic E-state index is -0.964. The molecule has 1 amide bonds. The minimum absolute atomic E-state index is 0.105. The van der Waals surface area contributed by atoms with E-state index >= 15 is 0 Å². The third-order valence-corrected chi connectivity index (χ3v) is 3.83. The second-order valence-electron chi connectivity index (χ2n) is 5.09. The second kappa shape index (κ2) is 6.73. The molecule has 0 aromatic heterocycles. The zero-order valence-corrected chi connectivity index (χ0v) is 11.6. The zero-order chi connectivity index (χ0) is 13.7. The molecule has 1 rings (SSSR count). The molecule has 1 saturated heterocycles. The van der Waals surface area contributed by atoms with Gasteiger partial charge >= 0.3 is 5.97 Å². The molecule has 0 bridgehead atoms. The smallest absolute Gasteiger partial charge is 0.326 e. The molecular weight excluding hydrogens is 232 g/mol. The van der Waals surface area contributed by atoms with Crippen molar-refractivity contribution in [2.45, 2.75) is 51.6 Å². The molecule has 18 heavy (non-hydrogen) atoms. The van der Waals surface area contributed by atoms with Crippen molar-refractivity contribution in [1.29, 1.82) is 0 Å². The number of carbonyl (C=O) groups excluding carboxylic acids is 1. The molecule has 0 aromatic rings. The summed E-state index contributed by atoms with van der Waals surface area (Å²) in [5, 5.41) is 8.93. The van der Waals surface area contributed by atoms with E-state index in [1.165, 1.54) is 24.7 Å². The summed E-state index contributed by atoms with van der Waals surface area (Å²) in [6.07, 6.45) is 4.68. The summed E-state index contributed by atoms with van der Waals surface area (Å²) in [5.41, 5.74) is 0. The summed E-state index contributed by atoms with van der Waals surface area (Å²) >= 11 is 0. The predicted octanol–water partition coefficient (Wildman–Crippen LogP) is 1.18. The number of likely N-dealkylation sites (tertiary alicyclic amines) is 1. The van der Waals surface area contributed by atoms with Crippen LogP contribution in [0.3, 0.4) is 0 Å². The third kappa shape index (κ3) is 3.70. The van der Waals surface area contributed by atoms with Crippen LogP contribution in [0.1, 0.15) is 39.5 Å². The van der Waals surface area contributed by atoms with E-state index in [9.17, 15) is 9.59 Å². The summed E-state index contributed by atoms with van der Waals surface area (Å²) in [5.74, 6) is -1.07. The van der Waals surface area contributed by atoms with Gasteiger partial charge in [0.15, 0.2) is 0 Å². The Labute approximate surface area is 109 Å². The Kier molecular flexibility index (Phi) is 5.59. The largest absolute Gasteiger partial charge is 0.480 e. The van der Waals surface area contributed by atoms with Crippen LogP contribution < -0.4 is 0 Å². The van der Waals surface area contributed by atoms with Gasteiger partial charge in [-0.05, 0) is 39.8 Å². The lowest BCUT2D eigenvalue weighted by Crippen LogP contribution is -2.50. The minimum Gasteiger partial charge on any atom is -0.480 e. The van der Waals surface area contributed by atoms with Gasteiger partial charge in [-0.1, -0.05) is 12.8 Å². The number of hydrogen-bond donors (Lipinski definition) is 1. The van der Waals surface area contributed by atoms with Crippen LogP contribution in [0.2, 0.25) is 0 Å². The Morgan fingerprint density at radius 1 is 1.11 bits per heavy atom. The Balaban J connectivity index is 2.61. The number of hydrogen-bond acceptors (Lipinski definition) is 3. The van der Waals surface area contributed by atoms with E-state index in [1.54, 1.807) is 7.05 Å². The quantitative estimate of drug-likeness (QED) is 0.820. The van der Waals surface area contributed by atoms with Crippen LogP contribution in [0.4, 0.5) is 0 Å². The van der Waals surface area contributed by atoms with Crippen molar-refractivity contribution >= 4 is 11.9 Å². The summed E-state index contributed by atoms with van der Waals surface area (Å²) in [6.45, 7) is 5.28. The first-order chi connectivity index (χ1) is 8.45. The fraction of sp³-hybridized carbons (Fsp3) is 0.846. The molecule has 1 fully saturated rings. The van der Waals surface area contributed by atoms with Gasteiger partial charge in [-0.2, -0.15) is 0 Å². The SMILES string of the molecule is CC(C(=O)N(C)C(C)C(=O)O)N1CCCCCC1. The molecule has 1 N–H and O–H groups in total.